The minimum Gasteiger partial charge on any atom is -0.367 e. The molecule has 1 aromatic carbocycles. The molecule has 1 aromatic heterocycles. The molecule has 4 heteroatoms. The Balaban J connectivity index is 2.53. The van der Waals surface area contributed by atoms with Crippen LogP contribution >= 0.6 is 15.9 Å². The van der Waals surface area contributed by atoms with Gasteiger partial charge < -0.3 is 10.3 Å². The Morgan fingerprint density at radius 1 is 1.28 bits per heavy atom. The number of nitrogens with zero attached hydrogens (tertiary/aromatic N) is 1. The molecule has 0 fully saturated rings. The molecule has 96 valence electrons. The predicted molar refractivity (Wildman–Crippen MR) is 77.3 cm³/mol. The van der Waals surface area contributed by atoms with Gasteiger partial charge in [-0.25, -0.2) is 0 Å². The van der Waals surface area contributed by atoms with Crippen molar-refractivity contribution in [3.05, 3.63) is 34.4 Å². The first-order chi connectivity index (χ1) is 8.50. The highest BCUT2D eigenvalue weighted by molar-refractivity contribution is 9.10. The van der Waals surface area contributed by atoms with Crippen LogP contribution in [0.1, 0.15) is 32.4 Å². The molecule has 0 saturated carbocycles. The normalized spacial score (nSPS) is 12.9. The molecule has 2 rings (SSSR count). The standard InChI is InChI=1S/C14H17BrN2O/c1-8(2)9(3)13-12(14(16)18-17-13)10-5-4-6-11(15)7-10/h4-9H,16H2,1-3H3. The second-order valence-corrected chi connectivity index (χ2v) is 5.77. The molecule has 0 aliphatic heterocycles. The van der Waals surface area contributed by atoms with E-state index in [-0.39, 0.29) is 0 Å². The smallest absolute Gasteiger partial charge is 0.230 e. The molecular weight excluding hydrogens is 292 g/mol. The number of anilines is 1. The summed E-state index contributed by atoms with van der Waals surface area (Å²) in [5.41, 5.74) is 8.80. The SMILES string of the molecule is CC(C)C(C)c1noc(N)c1-c1cccc(Br)c1. The van der Waals surface area contributed by atoms with E-state index in [2.05, 4.69) is 41.9 Å². The molecule has 0 bridgehead atoms. The van der Waals surface area contributed by atoms with Crippen LogP contribution in [0.2, 0.25) is 0 Å². The summed E-state index contributed by atoms with van der Waals surface area (Å²) in [6.45, 7) is 6.48. The van der Waals surface area contributed by atoms with Gasteiger partial charge in [0.15, 0.2) is 0 Å². The van der Waals surface area contributed by atoms with Gasteiger partial charge in [0.2, 0.25) is 5.88 Å². The van der Waals surface area contributed by atoms with Crippen LogP contribution in [0.15, 0.2) is 33.3 Å². The molecule has 18 heavy (non-hydrogen) atoms. The van der Waals surface area contributed by atoms with Crippen molar-refractivity contribution in [1.82, 2.24) is 5.16 Å². The van der Waals surface area contributed by atoms with Crippen LogP contribution in [-0.4, -0.2) is 5.16 Å². The van der Waals surface area contributed by atoms with Crippen molar-refractivity contribution in [2.45, 2.75) is 26.7 Å². The van der Waals surface area contributed by atoms with Crippen LogP contribution in [0.4, 0.5) is 5.88 Å². The third kappa shape index (κ3) is 2.43. The quantitative estimate of drug-likeness (QED) is 0.911. The highest BCUT2D eigenvalue weighted by atomic mass is 79.9. The molecule has 0 spiro atoms. The van der Waals surface area contributed by atoms with Gasteiger partial charge in [0, 0.05) is 10.4 Å². The summed E-state index contributed by atoms with van der Waals surface area (Å²) in [4.78, 5) is 0. The zero-order chi connectivity index (χ0) is 13.3. The highest BCUT2D eigenvalue weighted by Gasteiger charge is 2.22. The molecule has 1 atom stereocenters. The Labute approximate surface area is 115 Å². The van der Waals surface area contributed by atoms with Crippen molar-refractivity contribution in [3.63, 3.8) is 0 Å². The molecule has 0 radical (unpaired) electrons. The lowest BCUT2D eigenvalue weighted by atomic mass is 9.90. The fourth-order valence-corrected chi connectivity index (χ4v) is 2.28. The molecule has 0 saturated heterocycles. The molecule has 0 aliphatic rings. The van der Waals surface area contributed by atoms with Crippen LogP contribution in [0.5, 0.6) is 0 Å². The van der Waals surface area contributed by atoms with Gasteiger partial charge in [-0.15, -0.1) is 0 Å². The van der Waals surface area contributed by atoms with E-state index in [4.69, 9.17) is 10.3 Å². The van der Waals surface area contributed by atoms with Crippen LogP contribution in [-0.2, 0) is 0 Å². The molecule has 1 unspecified atom stereocenters. The van der Waals surface area contributed by atoms with Gasteiger partial charge in [-0.05, 0) is 23.6 Å². The maximum absolute atomic E-state index is 5.92. The van der Waals surface area contributed by atoms with Crippen LogP contribution < -0.4 is 5.73 Å². The average Bonchev–Trinajstić information content (AvgIpc) is 2.70. The van der Waals surface area contributed by atoms with Gasteiger partial charge >= 0.3 is 0 Å². The number of benzene rings is 1. The van der Waals surface area contributed by atoms with Gasteiger partial charge in [-0.1, -0.05) is 54.0 Å². The summed E-state index contributed by atoms with van der Waals surface area (Å²) in [7, 11) is 0. The van der Waals surface area contributed by atoms with Crippen LogP contribution in [0.3, 0.4) is 0 Å². The number of aromatic nitrogens is 1. The summed E-state index contributed by atoms with van der Waals surface area (Å²) in [5.74, 6) is 1.18. The second-order valence-electron chi connectivity index (χ2n) is 4.85. The molecule has 1 heterocycles. The van der Waals surface area contributed by atoms with Crippen molar-refractivity contribution in [1.29, 1.82) is 0 Å². The van der Waals surface area contributed by atoms with Crippen molar-refractivity contribution in [2.24, 2.45) is 5.92 Å². The van der Waals surface area contributed by atoms with E-state index in [9.17, 15) is 0 Å². The Hall–Kier alpha value is -1.29. The fourth-order valence-electron chi connectivity index (χ4n) is 1.88. The van der Waals surface area contributed by atoms with Crippen LogP contribution in [0, 0.1) is 5.92 Å². The predicted octanol–water partition coefficient (Wildman–Crippen LogP) is 4.45. The monoisotopic (exact) mass is 308 g/mol. The molecule has 2 aromatic rings. The lowest BCUT2D eigenvalue weighted by Crippen LogP contribution is -2.04. The lowest BCUT2D eigenvalue weighted by Gasteiger charge is -2.14. The largest absolute Gasteiger partial charge is 0.367 e. The maximum atomic E-state index is 5.92. The summed E-state index contributed by atoms with van der Waals surface area (Å²) >= 11 is 3.47. The Morgan fingerprint density at radius 3 is 2.61 bits per heavy atom. The maximum Gasteiger partial charge on any atom is 0.230 e. The Bertz CT molecular complexity index is 548. The third-order valence-electron chi connectivity index (χ3n) is 3.29. The summed E-state index contributed by atoms with van der Waals surface area (Å²) in [5, 5.41) is 4.13. The van der Waals surface area contributed by atoms with E-state index in [0.717, 1.165) is 21.3 Å². The molecular formula is C14H17BrN2O. The molecule has 0 amide bonds. The zero-order valence-corrected chi connectivity index (χ0v) is 12.4. The fraction of sp³-hybridized carbons (Fsp3) is 0.357. The van der Waals surface area contributed by atoms with Crippen molar-refractivity contribution in [3.8, 4) is 11.1 Å². The van der Waals surface area contributed by atoms with E-state index >= 15 is 0 Å². The third-order valence-corrected chi connectivity index (χ3v) is 3.78. The Kier molecular flexibility index (Phi) is 3.76. The van der Waals surface area contributed by atoms with E-state index < -0.39 is 0 Å². The zero-order valence-electron chi connectivity index (χ0n) is 10.8. The average molecular weight is 309 g/mol. The number of hydrogen-bond acceptors (Lipinski definition) is 3. The molecule has 0 aliphatic carbocycles. The number of halogens is 1. The number of nitrogen functional groups attached to an aromatic ring is 1. The van der Waals surface area contributed by atoms with Gasteiger partial charge in [0.1, 0.15) is 0 Å². The number of nitrogens with two attached hydrogens (primary N) is 1. The topological polar surface area (TPSA) is 52.0 Å². The summed E-state index contributed by atoms with van der Waals surface area (Å²) in [6, 6.07) is 8.01. The van der Waals surface area contributed by atoms with Gasteiger partial charge in [-0.3, -0.25) is 0 Å². The van der Waals surface area contributed by atoms with Gasteiger partial charge in [0.05, 0.1) is 11.3 Å². The number of hydrogen-bond donors (Lipinski definition) is 1. The summed E-state index contributed by atoms with van der Waals surface area (Å²) < 4.78 is 6.19. The highest BCUT2D eigenvalue weighted by Crippen LogP contribution is 2.37. The van der Waals surface area contributed by atoms with Crippen LogP contribution in [0.25, 0.3) is 11.1 Å². The van der Waals surface area contributed by atoms with Crippen molar-refractivity contribution in [2.75, 3.05) is 5.73 Å². The van der Waals surface area contributed by atoms with E-state index in [1.807, 2.05) is 24.3 Å². The first-order valence-electron chi connectivity index (χ1n) is 6.01. The minimum atomic E-state index is 0.306. The minimum absolute atomic E-state index is 0.306. The Morgan fingerprint density at radius 2 is 2.00 bits per heavy atom. The van der Waals surface area contributed by atoms with Crippen molar-refractivity contribution >= 4 is 21.8 Å². The van der Waals surface area contributed by atoms with Crippen molar-refractivity contribution < 1.29 is 4.52 Å². The molecule has 2 N–H and O–H groups in total. The van der Waals surface area contributed by atoms with E-state index in [0.29, 0.717) is 17.7 Å². The summed E-state index contributed by atoms with van der Waals surface area (Å²) in [6.07, 6.45) is 0. The first-order valence-corrected chi connectivity index (χ1v) is 6.81. The number of rotatable bonds is 3. The van der Waals surface area contributed by atoms with E-state index in [1.54, 1.807) is 0 Å². The van der Waals surface area contributed by atoms with Gasteiger partial charge in [0.25, 0.3) is 0 Å². The molecule has 3 nitrogen and oxygen atoms in total. The second kappa shape index (κ2) is 5.14. The van der Waals surface area contributed by atoms with Gasteiger partial charge in [-0.2, -0.15) is 0 Å². The lowest BCUT2D eigenvalue weighted by molar-refractivity contribution is 0.407. The first kappa shape index (κ1) is 13.1. The van der Waals surface area contributed by atoms with E-state index in [1.165, 1.54) is 0 Å².